The first kappa shape index (κ1) is 17.2. The maximum Gasteiger partial charge on any atom is 0.0770 e. The maximum atomic E-state index is 9.21. The molecule has 2 atom stereocenters. The molecule has 3 nitrogen and oxygen atoms in total. The number of benzene rings is 1. The lowest BCUT2D eigenvalue weighted by Gasteiger charge is -2.13. The fourth-order valence-corrected chi connectivity index (χ4v) is 2.15. The Kier molecular flexibility index (Phi) is 9.29. The zero-order chi connectivity index (χ0) is 14.6. The maximum absolute atomic E-state index is 9.21. The molecule has 20 heavy (non-hydrogen) atoms. The van der Waals surface area contributed by atoms with Crippen molar-refractivity contribution in [3.05, 3.63) is 35.9 Å². The highest BCUT2D eigenvalue weighted by Crippen LogP contribution is 2.12. The number of aliphatic hydroxyl groups excluding tert-OH is 2. The molecule has 0 saturated carbocycles. The topological polar surface area (TPSA) is 49.7 Å². The molecule has 0 spiro atoms. The van der Waals surface area contributed by atoms with Crippen molar-refractivity contribution >= 4 is 0 Å². The van der Waals surface area contributed by atoms with Crippen molar-refractivity contribution in [1.29, 1.82) is 0 Å². The van der Waals surface area contributed by atoms with Crippen LogP contribution in [0.3, 0.4) is 0 Å². The first-order valence-corrected chi connectivity index (χ1v) is 7.67. The van der Waals surface area contributed by atoms with Crippen molar-refractivity contribution < 1.29 is 14.9 Å². The standard InChI is InChI=1S/C17H28O3/c1-15(20-14-16-10-6-4-7-11-16)9-5-2-3-8-12-17(19)13-18/h4,6-7,10-11,15,17-19H,2-3,5,8-9,12-14H2,1H3/t15-,17+/m0/s1. The van der Waals surface area contributed by atoms with Gasteiger partial charge in [0.1, 0.15) is 0 Å². The van der Waals surface area contributed by atoms with Crippen molar-refractivity contribution in [3.63, 3.8) is 0 Å². The molecule has 1 aromatic rings. The van der Waals surface area contributed by atoms with Gasteiger partial charge in [-0.25, -0.2) is 0 Å². The van der Waals surface area contributed by atoms with Crippen LogP contribution in [0.2, 0.25) is 0 Å². The average molecular weight is 280 g/mol. The minimum absolute atomic E-state index is 0.121. The van der Waals surface area contributed by atoms with Gasteiger partial charge in [-0.2, -0.15) is 0 Å². The first-order valence-electron chi connectivity index (χ1n) is 7.67. The molecule has 0 saturated heterocycles. The molecule has 0 unspecified atom stereocenters. The molecular weight excluding hydrogens is 252 g/mol. The van der Waals surface area contributed by atoms with E-state index in [4.69, 9.17) is 9.84 Å². The minimum Gasteiger partial charge on any atom is -0.394 e. The zero-order valence-corrected chi connectivity index (χ0v) is 12.5. The van der Waals surface area contributed by atoms with Gasteiger partial charge in [-0.1, -0.05) is 56.0 Å². The lowest BCUT2D eigenvalue weighted by Crippen LogP contribution is -2.11. The van der Waals surface area contributed by atoms with Crippen LogP contribution in [-0.2, 0) is 11.3 Å². The summed E-state index contributed by atoms with van der Waals surface area (Å²) in [5.74, 6) is 0. The van der Waals surface area contributed by atoms with Crippen LogP contribution < -0.4 is 0 Å². The van der Waals surface area contributed by atoms with Gasteiger partial charge in [-0.05, 0) is 25.3 Å². The Bertz CT molecular complexity index is 326. The third-order valence-corrected chi connectivity index (χ3v) is 3.49. The number of aliphatic hydroxyl groups is 2. The number of unbranched alkanes of at least 4 members (excludes halogenated alkanes) is 3. The second-order valence-corrected chi connectivity index (χ2v) is 5.44. The predicted molar refractivity (Wildman–Crippen MR) is 81.5 cm³/mol. The van der Waals surface area contributed by atoms with E-state index in [1.165, 1.54) is 5.56 Å². The smallest absolute Gasteiger partial charge is 0.0770 e. The van der Waals surface area contributed by atoms with Gasteiger partial charge in [0, 0.05) is 0 Å². The summed E-state index contributed by atoms with van der Waals surface area (Å²) >= 11 is 0. The van der Waals surface area contributed by atoms with Gasteiger partial charge < -0.3 is 14.9 Å². The second kappa shape index (κ2) is 10.8. The quantitative estimate of drug-likeness (QED) is 0.612. The molecule has 3 heteroatoms. The van der Waals surface area contributed by atoms with E-state index < -0.39 is 6.10 Å². The van der Waals surface area contributed by atoms with E-state index in [9.17, 15) is 5.11 Å². The molecule has 0 heterocycles. The van der Waals surface area contributed by atoms with Crippen molar-refractivity contribution in [2.45, 2.75) is 64.3 Å². The number of ether oxygens (including phenoxy) is 1. The predicted octanol–water partition coefficient (Wildman–Crippen LogP) is 3.29. The Hall–Kier alpha value is -0.900. The molecule has 2 N–H and O–H groups in total. The summed E-state index contributed by atoms with van der Waals surface area (Å²) in [5, 5.41) is 17.9. The van der Waals surface area contributed by atoms with Crippen molar-refractivity contribution in [3.8, 4) is 0 Å². The van der Waals surface area contributed by atoms with E-state index >= 15 is 0 Å². The van der Waals surface area contributed by atoms with E-state index in [0.717, 1.165) is 32.1 Å². The molecule has 0 aliphatic rings. The largest absolute Gasteiger partial charge is 0.394 e. The Morgan fingerprint density at radius 2 is 1.65 bits per heavy atom. The number of rotatable bonds is 11. The van der Waals surface area contributed by atoms with Gasteiger partial charge >= 0.3 is 0 Å². The monoisotopic (exact) mass is 280 g/mol. The Morgan fingerprint density at radius 1 is 1.00 bits per heavy atom. The fraction of sp³-hybridized carbons (Fsp3) is 0.647. The highest BCUT2D eigenvalue weighted by Gasteiger charge is 2.04. The van der Waals surface area contributed by atoms with Crippen LogP contribution in [0.15, 0.2) is 30.3 Å². The molecule has 0 bridgehead atoms. The summed E-state index contributed by atoms with van der Waals surface area (Å²) in [6.45, 7) is 2.69. The summed E-state index contributed by atoms with van der Waals surface area (Å²) < 4.78 is 5.82. The Morgan fingerprint density at radius 3 is 2.30 bits per heavy atom. The van der Waals surface area contributed by atoms with E-state index in [1.807, 2.05) is 18.2 Å². The number of hydrogen-bond donors (Lipinski definition) is 2. The van der Waals surface area contributed by atoms with Crippen LogP contribution in [0, 0.1) is 0 Å². The molecule has 0 fully saturated rings. The van der Waals surface area contributed by atoms with Crippen LogP contribution in [0.1, 0.15) is 51.0 Å². The van der Waals surface area contributed by atoms with Crippen molar-refractivity contribution in [2.75, 3.05) is 6.61 Å². The lowest BCUT2D eigenvalue weighted by atomic mass is 10.1. The van der Waals surface area contributed by atoms with Gasteiger partial charge in [-0.3, -0.25) is 0 Å². The van der Waals surface area contributed by atoms with E-state index in [0.29, 0.717) is 19.1 Å². The summed E-state index contributed by atoms with van der Waals surface area (Å²) in [6.07, 6.45) is 5.96. The lowest BCUT2D eigenvalue weighted by molar-refractivity contribution is 0.0457. The van der Waals surface area contributed by atoms with Gasteiger partial charge in [0.25, 0.3) is 0 Å². The SMILES string of the molecule is C[C@@H](CCCCCC[C@@H](O)CO)OCc1ccccc1. The van der Waals surface area contributed by atoms with Crippen LogP contribution in [0.5, 0.6) is 0 Å². The molecule has 0 amide bonds. The summed E-state index contributed by atoms with van der Waals surface area (Å²) in [7, 11) is 0. The molecule has 0 aromatic heterocycles. The van der Waals surface area contributed by atoms with E-state index in [2.05, 4.69) is 19.1 Å². The summed E-state index contributed by atoms with van der Waals surface area (Å²) in [5.41, 5.74) is 1.22. The number of hydrogen-bond acceptors (Lipinski definition) is 3. The highest BCUT2D eigenvalue weighted by atomic mass is 16.5. The van der Waals surface area contributed by atoms with Gasteiger partial charge in [0.2, 0.25) is 0 Å². The zero-order valence-electron chi connectivity index (χ0n) is 12.5. The molecular formula is C17H28O3. The average Bonchev–Trinajstić information content (AvgIpc) is 2.49. The highest BCUT2D eigenvalue weighted by molar-refractivity contribution is 5.13. The molecule has 114 valence electrons. The second-order valence-electron chi connectivity index (χ2n) is 5.44. The summed E-state index contributed by atoms with van der Waals surface area (Å²) in [4.78, 5) is 0. The van der Waals surface area contributed by atoms with Crippen LogP contribution >= 0.6 is 0 Å². The summed E-state index contributed by atoms with van der Waals surface area (Å²) in [6, 6.07) is 10.2. The normalized spacial score (nSPS) is 14.2. The van der Waals surface area contributed by atoms with Crippen LogP contribution in [0.25, 0.3) is 0 Å². The minimum atomic E-state index is -0.539. The fourth-order valence-electron chi connectivity index (χ4n) is 2.15. The molecule has 0 aliphatic heterocycles. The van der Waals surface area contributed by atoms with Gasteiger partial charge in [0.15, 0.2) is 0 Å². The molecule has 1 aromatic carbocycles. The van der Waals surface area contributed by atoms with Crippen LogP contribution in [0.4, 0.5) is 0 Å². The van der Waals surface area contributed by atoms with E-state index in [1.54, 1.807) is 0 Å². The van der Waals surface area contributed by atoms with Crippen LogP contribution in [-0.4, -0.2) is 29.0 Å². The van der Waals surface area contributed by atoms with Gasteiger partial charge in [-0.15, -0.1) is 0 Å². The van der Waals surface area contributed by atoms with Gasteiger partial charge in [0.05, 0.1) is 25.4 Å². The van der Waals surface area contributed by atoms with Crippen molar-refractivity contribution in [2.24, 2.45) is 0 Å². The Balaban J connectivity index is 1.96. The first-order chi connectivity index (χ1) is 9.72. The Labute approximate surface area is 122 Å². The third-order valence-electron chi connectivity index (χ3n) is 3.49. The third kappa shape index (κ3) is 8.31. The molecule has 1 rings (SSSR count). The molecule has 0 radical (unpaired) electrons. The van der Waals surface area contributed by atoms with Crippen molar-refractivity contribution in [1.82, 2.24) is 0 Å². The van der Waals surface area contributed by atoms with E-state index in [-0.39, 0.29) is 6.61 Å². The molecule has 0 aliphatic carbocycles.